The first-order chi connectivity index (χ1) is 15.4. The van der Waals surface area contributed by atoms with E-state index < -0.39 is 15.9 Å². The molecule has 2 aromatic carbocycles. The number of hydrogen-bond acceptors (Lipinski definition) is 5. The summed E-state index contributed by atoms with van der Waals surface area (Å²) in [6.45, 7) is 0.0549. The minimum Gasteiger partial charge on any atom is -0.468 e. The number of rotatable bonds is 11. The average Bonchev–Trinajstić information content (AvgIpc) is 3.30. The molecule has 1 N–H and O–H groups in total. The molecule has 32 heavy (non-hydrogen) atoms. The Bertz CT molecular complexity index is 1120. The van der Waals surface area contributed by atoms with Crippen LogP contribution in [0.1, 0.15) is 12.2 Å². The Morgan fingerprint density at radius 1 is 1.03 bits per heavy atom. The molecule has 3 aromatic rings. The molecule has 1 amide bonds. The molecule has 0 saturated carbocycles. The van der Waals surface area contributed by atoms with E-state index >= 15 is 0 Å². The SMILES string of the molecule is O=C(CN(c1ccc(Cl)c(Cl)c1)S(=O)(=O)c1ccccc1)NCCCSCc1ccco1. The van der Waals surface area contributed by atoms with Crippen LogP contribution in [-0.2, 0) is 20.6 Å². The fourth-order valence-electron chi connectivity index (χ4n) is 2.83. The molecule has 0 radical (unpaired) electrons. The van der Waals surface area contributed by atoms with Crippen LogP contribution in [0.4, 0.5) is 5.69 Å². The van der Waals surface area contributed by atoms with Crippen LogP contribution in [0.2, 0.25) is 10.0 Å². The molecule has 0 aliphatic rings. The number of carbonyl (C=O) groups excluding carboxylic acids is 1. The molecule has 3 rings (SSSR count). The molecule has 6 nitrogen and oxygen atoms in total. The molecule has 0 aliphatic heterocycles. The molecular formula is C22H22Cl2N2O4S2. The van der Waals surface area contributed by atoms with E-state index in [0.717, 1.165) is 28.0 Å². The monoisotopic (exact) mass is 512 g/mol. The summed E-state index contributed by atoms with van der Waals surface area (Å²) in [7, 11) is -3.99. The lowest BCUT2D eigenvalue weighted by Crippen LogP contribution is -2.41. The number of nitrogens with zero attached hydrogens (tertiary/aromatic N) is 1. The number of nitrogens with one attached hydrogen (secondary N) is 1. The number of anilines is 1. The molecule has 1 heterocycles. The van der Waals surface area contributed by atoms with Crippen molar-refractivity contribution in [3.63, 3.8) is 0 Å². The maximum absolute atomic E-state index is 13.2. The number of hydrogen-bond donors (Lipinski definition) is 1. The van der Waals surface area contributed by atoms with E-state index in [4.69, 9.17) is 27.6 Å². The summed E-state index contributed by atoms with van der Waals surface area (Å²) in [5, 5.41) is 3.28. The van der Waals surface area contributed by atoms with Crippen LogP contribution >= 0.6 is 35.0 Å². The van der Waals surface area contributed by atoms with Crippen LogP contribution in [-0.4, -0.2) is 33.2 Å². The van der Waals surface area contributed by atoms with E-state index in [0.29, 0.717) is 11.6 Å². The molecule has 0 atom stereocenters. The second-order valence-corrected chi connectivity index (χ2v) is 10.5. The van der Waals surface area contributed by atoms with Crippen molar-refractivity contribution in [2.45, 2.75) is 17.1 Å². The zero-order valence-electron chi connectivity index (χ0n) is 17.0. The summed E-state index contributed by atoms with van der Waals surface area (Å²) in [6, 6.07) is 16.2. The third kappa shape index (κ3) is 6.68. The minimum absolute atomic E-state index is 0.0770. The number of benzene rings is 2. The lowest BCUT2D eigenvalue weighted by molar-refractivity contribution is -0.119. The first kappa shape index (κ1) is 24.5. The molecule has 1 aromatic heterocycles. The van der Waals surface area contributed by atoms with Crippen molar-refractivity contribution in [1.29, 1.82) is 0 Å². The Morgan fingerprint density at radius 3 is 2.50 bits per heavy atom. The predicted octanol–water partition coefficient (Wildman–Crippen LogP) is 5.22. The first-order valence-corrected chi connectivity index (χ1v) is 13.1. The van der Waals surface area contributed by atoms with Gasteiger partial charge in [0.05, 0.1) is 32.6 Å². The molecule has 0 spiro atoms. The molecular weight excluding hydrogens is 491 g/mol. The third-order valence-electron chi connectivity index (χ3n) is 4.42. The molecule has 0 fully saturated rings. The molecule has 170 valence electrons. The van der Waals surface area contributed by atoms with Crippen LogP contribution in [0.15, 0.2) is 76.2 Å². The summed E-state index contributed by atoms with van der Waals surface area (Å²) in [5.41, 5.74) is 0.257. The fourth-order valence-corrected chi connectivity index (χ4v) is 5.42. The summed E-state index contributed by atoms with van der Waals surface area (Å²) in [6.07, 6.45) is 2.38. The number of carbonyl (C=O) groups is 1. The van der Waals surface area contributed by atoms with E-state index in [-0.39, 0.29) is 22.2 Å². The Morgan fingerprint density at radius 2 is 1.81 bits per heavy atom. The normalized spacial score (nSPS) is 11.3. The molecule has 10 heteroatoms. The second kappa shape index (κ2) is 11.7. The number of sulfonamides is 1. The molecule has 0 unspecified atom stereocenters. The minimum atomic E-state index is -3.99. The molecule has 0 saturated heterocycles. The van der Waals surface area contributed by atoms with Crippen molar-refractivity contribution >= 4 is 56.6 Å². The Kier molecular flexibility index (Phi) is 8.92. The van der Waals surface area contributed by atoms with E-state index in [1.54, 1.807) is 36.2 Å². The van der Waals surface area contributed by atoms with Gasteiger partial charge < -0.3 is 9.73 Å². The maximum atomic E-state index is 13.2. The first-order valence-electron chi connectivity index (χ1n) is 9.77. The largest absolute Gasteiger partial charge is 0.468 e. The zero-order chi connectivity index (χ0) is 23.0. The maximum Gasteiger partial charge on any atom is 0.264 e. The van der Waals surface area contributed by atoms with E-state index in [1.165, 1.54) is 30.3 Å². The van der Waals surface area contributed by atoms with Crippen molar-refractivity contribution < 1.29 is 17.6 Å². The summed E-state index contributed by atoms with van der Waals surface area (Å²) >= 11 is 13.8. The van der Waals surface area contributed by atoms with Crippen molar-refractivity contribution in [2.24, 2.45) is 0 Å². The van der Waals surface area contributed by atoms with Gasteiger partial charge in [-0.15, -0.1) is 0 Å². The zero-order valence-corrected chi connectivity index (χ0v) is 20.2. The highest BCUT2D eigenvalue weighted by Gasteiger charge is 2.27. The van der Waals surface area contributed by atoms with Gasteiger partial charge in [-0.05, 0) is 54.6 Å². The topological polar surface area (TPSA) is 79.6 Å². The summed E-state index contributed by atoms with van der Waals surface area (Å²) in [4.78, 5) is 12.7. The highest BCUT2D eigenvalue weighted by molar-refractivity contribution is 7.98. The quantitative estimate of drug-likeness (QED) is 0.356. The Hall–Kier alpha value is -2.13. The summed E-state index contributed by atoms with van der Waals surface area (Å²) in [5.74, 6) is 2.09. The van der Waals surface area contributed by atoms with Crippen LogP contribution in [0.3, 0.4) is 0 Å². The van der Waals surface area contributed by atoms with Gasteiger partial charge >= 0.3 is 0 Å². The predicted molar refractivity (Wildman–Crippen MR) is 130 cm³/mol. The van der Waals surface area contributed by atoms with E-state index in [2.05, 4.69) is 5.32 Å². The smallest absolute Gasteiger partial charge is 0.264 e. The van der Waals surface area contributed by atoms with Gasteiger partial charge in [0.25, 0.3) is 10.0 Å². The van der Waals surface area contributed by atoms with Crippen LogP contribution < -0.4 is 9.62 Å². The lowest BCUT2D eigenvalue weighted by Gasteiger charge is -2.24. The van der Waals surface area contributed by atoms with Crippen LogP contribution in [0.5, 0.6) is 0 Å². The second-order valence-electron chi connectivity index (χ2n) is 6.76. The van der Waals surface area contributed by atoms with Gasteiger partial charge in [0.15, 0.2) is 0 Å². The highest BCUT2D eigenvalue weighted by atomic mass is 35.5. The van der Waals surface area contributed by atoms with Gasteiger partial charge in [0.2, 0.25) is 5.91 Å². The van der Waals surface area contributed by atoms with Gasteiger partial charge in [-0.1, -0.05) is 41.4 Å². The number of furan rings is 1. The van der Waals surface area contributed by atoms with Gasteiger partial charge in [-0.2, -0.15) is 11.8 Å². The Labute approximate surface area is 201 Å². The van der Waals surface area contributed by atoms with Gasteiger partial charge in [0.1, 0.15) is 12.3 Å². The van der Waals surface area contributed by atoms with E-state index in [1.807, 2.05) is 12.1 Å². The van der Waals surface area contributed by atoms with Gasteiger partial charge in [-0.25, -0.2) is 8.42 Å². The van der Waals surface area contributed by atoms with Crippen molar-refractivity contribution in [1.82, 2.24) is 5.32 Å². The molecule has 0 bridgehead atoms. The average molecular weight is 513 g/mol. The van der Waals surface area contributed by atoms with Crippen LogP contribution in [0, 0.1) is 0 Å². The third-order valence-corrected chi connectivity index (χ3v) is 8.01. The van der Waals surface area contributed by atoms with Crippen molar-refractivity contribution in [3.05, 3.63) is 82.7 Å². The van der Waals surface area contributed by atoms with Crippen LogP contribution in [0.25, 0.3) is 0 Å². The van der Waals surface area contributed by atoms with E-state index in [9.17, 15) is 13.2 Å². The fraction of sp³-hybridized carbons (Fsp3) is 0.227. The highest BCUT2D eigenvalue weighted by Crippen LogP contribution is 2.30. The number of amides is 1. The number of halogens is 2. The molecule has 0 aliphatic carbocycles. The lowest BCUT2D eigenvalue weighted by atomic mass is 10.3. The standard InChI is InChI=1S/C22H22Cl2N2O4S2/c23-20-10-9-17(14-21(20)24)26(32(28,29)19-7-2-1-3-8-19)15-22(27)25-11-5-13-31-16-18-6-4-12-30-18/h1-4,6-10,12,14H,5,11,13,15-16H2,(H,25,27). The van der Waals surface area contributed by atoms with Gasteiger partial charge in [0, 0.05) is 6.54 Å². The van der Waals surface area contributed by atoms with Crippen molar-refractivity contribution in [3.8, 4) is 0 Å². The summed E-state index contributed by atoms with van der Waals surface area (Å²) < 4.78 is 32.8. The van der Waals surface area contributed by atoms with Crippen molar-refractivity contribution in [2.75, 3.05) is 23.1 Å². The number of thioether (sulfide) groups is 1. The Balaban J connectivity index is 1.63. The van der Waals surface area contributed by atoms with Gasteiger partial charge in [-0.3, -0.25) is 9.10 Å².